The van der Waals surface area contributed by atoms with E-state index in [0.717, 1.165) is 22.5 Å². The maximum Gasteiger partial charge on any atom is 0.296 e. The van der Waals surface area contributed by atoms with Crippen LogP contribution in [0, 0.1) is 0 Å². The first kappa shape index (κ1) is 22.3. The minimum absolute atomic E-state index is 0.00258. The number of ether oxygens (including phenoxy) is 3. The van der Waals surface area contributed by atoms with Gasteiger partial charge in [-0.25, -0.2) is 0 Å². The number of carbonyl (C=O) groups excluding carboxylic acids is 1. The fourth-order valence-electron chi connectivity index (χ4n) is 3.27. The van der Waals surface area contributed by atoms with Gasteiger partial charge in [-0.3, -0.25) is 15.1 Å². The van der Waals surface area contributed by atoms with Crippen LogP contribution in [0.4, 0.5) is 5.13 Å². The molecule has 0 radical (unpaired) electrons. The molecule has 34 heavy (non-hydrogen) atoms. The topological polar surface area (TPSA) is 95.5 Å². The number of rotatable bonds is 8. The van der Waals surface area contributed by atoms with Gasteiger partial charge in [-0.05, 0) is 41.2 Å². The summed E-state index contributed by atoms with van der Waals surface area (Å²) in [5.74, 6) is 0.339. The number of nitrogens with zero attached hydrogens (tertiary/aromatic N) is 3. The number of halogens is 1. The Hall–Kier alpha value is -3.53. The zero-order valence-electron chi connectivity index (χ0n) is 17.8. The number of anilines is 1. The van der Waals surface area contributed by atoms with E-state index in [1.165, 1.54) is 0 Å². The largest absolute Gasteiger partial charge is 0.485 e. The van der Waals surface area contributed by atoms with Gasteiger partial charge in [0.05, 0.1) is 18.8 Å². The van der Waals surface area contributed by atoms with Crippen molar-refractivity contribution in [3.63, 3.8) is 0 Å². The summed E-state index contributed by atoms with van der Waals surface area (Å²) in [6.45, 7) is 1.42. The Morgan fingerprint density at radius 3 is 2.71 bits per heavy atom. The standard InChI is InChI=1S/C24H19ClN4O4S/c25-16-7-5-15(6-8-16)12-32-24-29-28-23(34-24)27-22(30)19-9-10-26-11-20(19)18-3-1-2-4-21(18)33-17-13-31-14-17/h1-11,17H,12-14H2,(H,27,28,30). The van der Waals surface area contributed by atoms with Crippen LogP contribution in [-0.4, -0.2) is 40.4 Å². The SMILES string of the molecule is O=C(Nc1nnc(OCc2ccc(Cl)cc2)s1)c1ccncc1-c1ccccc1OC1COC1. The van der Waals surface area contributed by atoms with Crippen molar-refractivity contribution < 1.29 is 19.0 Å². The predicted octanol–water partition coefficient (Wildman–Crippen LogP) is 4.86. The van der Waals surface area contributed by atoms with E-state index in [-0.39, 0.29) is 12.0 Å². The quantitative estimate of drug-likeness (QED) is 0.373. The molecular weight excluding hydrogens is 476 g/mol. The number of hydrogen-bond donors (Lipinski definition) is 1. The Morgan fingerprint density at radius 2 is 1.91 bits per heavy atom. The van der Waals surface area contributed by atoms with Crippen LogP contribution in [0.25, 0.3) is 11.1 Å². The molecule has 2 aromatic carbocycles. The second kappa shape index (κ2) is 10.2. The number of hydrogen-bond acceptors (Lipinski definition) is 8. The van der Waals surface area contributed by atoms with Crippen molar-refractivity contribution >= 4 is 34.0 Å². The molecule has 4 aromatic rings. The van der Waals surface area contributed by atoms with E-state index in [1.54, 1.807) is 30.6 Å². The van der Waals surface area contributed by atoms with E-state index >= 15 is 0 Å². The zero-order valence-corrected chi connectivity index (χ0v) is 19.4. The van der Waals surface area contributed by atoms with Crippen LogP contribution in [-0.2, 0) is 11.3 Å². The van der Waals surface area contributed by atoms with Gasteiger partial charge in [-0.1, -0.05) is 47.0 Å². The third-order valence-electron chi connectivity index (χ3n) is 5.05. The first-order chi connectivity index (χ1) is 16.7. The fraction of sp³-hybridized carbons (Fsp3) is 0.167. The van der Waals surface area contributed by atoms with Crippen LogP contribution >= 0.6 is 22.9 Å². The van der Waals surface area contributed by atoms with E-state index in [0.29, 0.717) is 52.0 Å². The van der Waals surface area contributed by atoms with Crippen LogP contribution < -0.4 is 14.8 Å². The number of pyridine rings is 1. The van der Waals surface area contributed by atoms with E-state index in [9.17, 15) is 4.79 Å². The molecule has 5 rings (SSSR count). The summed E-state index contributed by atoms with van der Waals surface area (Å²) in [5.41, 5.74) is 2.81. The van der Waals surface area contributed by atoms with Crippen molar-refractivity contribution in [2.45, 2.75) is 12.7 Å². The molecule has 0 spiro atoms. The van der Waals surface area contributed by atoms with Gasteiger partial charge < -0.3 is 14.2 Å². The van der Waals surface area contributed by atoms with Crippen LogP contribution in [0.2, 0.25) is 5.02 Å². The van der Waals surface area contributed by atoms with Gasteiger partial charge in [0.25, 0.3) is 11.1 Å². The van der Waals surface area contributed by atoms with Gasteiger partial charge >= 0.3 is 0 Å². The lowest BCUT2D eigenvalue weighted by Gasteiger charge is -2.27. The molecule has 0 bridgehead atoms. The average molecular weight is 495 g/mol. The van der Waals surface area contributed by atoms with Crippen molar-refractivity contribution in [1.82, 2.24) is 15.2 Å². The Balaban J connectivity index is 1.30. The molecular formula is C24H19ClN4O4S. The van der Waals surface area contributed by atoms with Crippen molar-refractivity contribution in [2.75, 3.05) is 18.5 Å². The van der Waals surface area contributed by atoms with Crippen LogP contribution in [0.5, 0.6) is 10.9 Å². The molecule has 10 heteroatoms. The number of aromatic nitrogens is 3. The minimum Gasteiger partial charge on any atom is -0.485 e. The van der Waals surface area contributed by atoms with E-state index in [2.05, 4.69) is 20.5 Å². The fourth-order valence-corrected chi connectivity index (χ4v) is 3.99. The van der Waals surface area contributed by atoms with Crippen molar-refractivity contribution in [3.8, 4) is 22.1 Å². The van der Waals surface area contributed by atoms with Crippen LogP contribution in [0.1, 0.15) is 15.9 Å². The summed E-state index contributed by atoms with van der Waals surface area (Å²) >= 11 is 7.05. The maximum atomic E-state index is 13.1. The first-order valence-corrected chi connectivity index (χ1v) is 11.6. The van der Waals surface area contributed by atoms with E-state index in [1.807, 2.05) is 36.4 Å². The van der Waals surface area contributed by atoms with Crippen LogP contribution in [0.3, 0.4) is 0 Å². The lowest BCUT2D eigenvalue weighted by Crippen LogP contribution is -2.38. The highest BCUT2D eigenvalue weighted by Crippen LogP contribution is 2.34. The number of carbonyl (C=O) groups is 1. The van der Waals surface area contributed by atoms with Crippen molar-refractivity contribution in [1.29, 1.82) is 0 Å². The lowest BCUT2D eigenvalue weighted by molar-refractivity contribution is -0.0794. The highest BCUT2D eigenvalue weighted by molar-refractivity contribution is 7.17. The molecule has 1 amide bonds. The molecule has 2 aromatic heterocycles. The first-order valence-electron chi connectivity index (χ1n) is 10.5. The molecule has 1 fully saturated rings. The van der Waals surface area contributed by atoms with Gasteiger partial charge in [-0.15, -0.1) is 5.10 Å². The second-order valence-electron chi connectivity index (χ2n) is 7.44. The lowest BCUT2D eigenvalue weighted by atomic mass is 10.0. The highest BCUT2D eigenvalue weighted by Gasteiger charge is 2.23. The number of amides is 1. The molecule has 1 aliphatic heterocycles. The smallest absolute Gasteiger partial charge is 0.296 e. The van der Waals surface area contributed by atoms with Gasteiger partial charge in [0, 0.05) is 28.5 Å². The Bertz CT molecular complexity index is 1290. The average Bonchev–Trinajstić information content (AvgIpc) is 3.28. The van der Waals surface area contributed by atoms with Gasteiger partial charge in [0.2, 0.25) is 5.13 Å². The Kier molecular flexibility index (Phi) is 6.66. The normalized spacial score (nSPS) is 13.2. The molecule has 0 aliphatic carbocycles. The number of para-hydroxylation sites is 1. The molecule has 0 saturated carbocycles. The third kappa shape index (κ3) is 5.17. The molecule has 172 valence electrons. The third-order valence-corrected chi connectivity index (χ3v) is 6.05. The monoisotopic (exact) mass is 494 g/mol. The number of benzene rings is 2. The summed E-state index contributed by atoms with van der Waals surface area (Å²) in [5, 5.41) is 12.2. The summed E-state index contributed by atoms with van der Waals surface area (Å²) in [4.78, 5) is 17.3. The minimum atomic E-state index is -0.334. The Labute approximate surface area is 204 Å². The summed E-state index contributed by atoms with van der Waals surface area (Å²) < 4.78 is 16.9. The number of nitrogens with one attached hydrogen (secondary N) is 1. The van der Waals surface area contributed by atoms with Crippen LogP contribution in [0.15, 0.2) is 67.0 Å². The molecule has 0 atom stereocenters. The predicted molar refractivity (Wildman–Crippen MR) is 129 cm³/mol. The van der Waals surface area contributed by atoms with Crippen molar-refractivity contribution in [3.05, 3.63) is 83.1 Å². The summed E-state index contributed by atoms with van der Waals surface area (Å²) in [6, 6.07) is 16.5. The molecule has 1 aliphatic rings. The van der Waals surface area contributed by atoms with E-state index in [4.69, 9.17) is 25.8 Å². The summed E-state index contributed by atoms with van der Waals surface area (Å²) in [7, 11) is 0. The molecule has 8 nitrogen and oxygen atoms in total. The van der Waals surface area contributed by atoms with E-state index < -0.39 is 0 Å². The van der Waals surface area contributed by atoms with Crippen molar-refractivity contribution in [2.24, 2.45) is 0 Å². The maximum absolute atomic E-state index is 13.1. The van der Waals surface area contributed by atoms with Gasteiger partial charge in [0.1, 0.15) is 18.5 Å². The summed E-state index contributed by atoms with van der Waals surface area (Å²) in [6.07, 6.45) is 3.22. The highest BCUT2D eigenvalue weighted by atomic mass is 35.5. The van der Waals surface area contributed by atoms with Gasteiger partial charge in [-0.2, -0.15) is 0 Å². The second-order valence-corrected chi connectivity index (χ2v) is 8.81. The zero-order chi connectivity index (χ0) is 23.3. The Morgan fingerprint density at radius 1 is 1.09 bits per heavy atom. The molecule has 0 unspecified atom stereocenters. The van der Waals surface area contributed by atoms with Gasteiger partial charge in [0.15, 0.2) is 0 Å². The molecule has 3 heterocycles. The molecule has 1 saturated heterocycles. The molecule has 1 N–H and O–H groups in total.